The van der Waals surface area contributed by atoms with Crippen LogP contribution in [0.2, 0.25) is 0 Å². The molecule has 0 aliphatic heterocycles. The van der Waals surface area contributed by atoms with Gasteiger partial charge in [0, 0.05) is 18.7 Å². The monoisotopic (exact) mass is 265 g/mol. The lowest BCUT2D eigenvalue weighted by molar-refractivity contribution is -0.141. The van der Waals surface area contributed by atoms with Crippen LogP contribution in [0.25, 0.3) is 0 Å². The van der Waals surface area contributed by atoms with Gasteiger partial charge in [-0.15, -0.1) is 0 Å². The lowest BCUT2D eigenvalue weighted by Crippen LogP contribution is -2.21. The summed E-state index contributed by atoms with van der Waals surface area (Å²) in [5.74, 6) is -0.290. The summed E-state index contributed by atoms with van der Waals surface area (Å²) < 4.78 is 4.54. The summed E-state index contributed by atoms with van der Waals surface area (Å²) >= 11 is 0. The predicted molar refractivity (Wildman–Crippen MR) is 76.4 cm³/mol. The second-order valence-electron chi connectivity index (χ2n) is 4.83. The lowest BCUT2D eigenvalue weighted by atomic mass is 10.0. The van der Waals surface area contributed by atoms with E-state index in [1.165, 1.54) is 23.8 Å². The number of methoxy groups -OCH3 is 1. The zero-order valence-electron chi connectivity index (χ0n) is 12.1. The zero-order valence-corrected chi connectivity index (χ0v) is 12.1. The molecule has 0 radical (unpaired) electrons. The molecule has 0 aliphatic carbocycles. The van der Waals surface area contributed by atoms with Gasteiger partial charge in [0.05, 0.1) is 13.2 Å². The van der Waals surface area contributed by atoms with E-state index in [2.05, 4.69) is 36.9 Å². The molecule has 1 rings (SSSR count). The Balaban J connectivity index is 2.48. The molecule has 0 saturated carbocycles. The van der Waals surface area contributed by atoms with E-state index in [0.717, 1.165) is 5.69 Å². The fourth-order valence-electron chi connectivity index (χ4n) is 1.86. The minimum Gasteiger partial charge on any atom is -0.469 e. The highest BCUT2D eigenvalue weighted by molar-refractivity contribution is 5.69. The highest BCUT2D eigenvalue weighted by atomic mass is 16.5. The highest BCUT2D eigenvalue weighted by Gasteiger charge is 2.09. The fourth-order valence-corrected chi connectivity index (χ4v) is 1.86. The van der Waals surface area contributed by atoms with Crippen LogP contribution in [0, 0.1) is 20.8 Å². The average molecular weight is 265 g/mol. The van der Waals surface area contributed by atoms with E-state index in [4.69, 9.17) is 0 Å². The van der Waals surface area contributed by atoms with Crippen LogP contribution in [0.1, 0.15) is 29.5 Å². The Morgan fingerprint density at radius 1 is 1.32 bits per heavy atom. The molecular weight excluding hydrogens is 242 g/mol. The Labute approximate surface area is 114 Å². The van der Waals surface area contributed by atoms with Crippen molar-refractivity contribution >= 4 is 11.7 Å². The van der Waals surface area contributed by atoms with Gasteiger partial charge in [-0.25, -0.2) is 0 Å². The lowest BCUT2D eigenvalue weighted by Gasteiger charge is -2.16. The molecule has 1 aromatic rings. The number of aryl methyl sites for hydroxylation is 1. The number of benzene rings is 1. The number of aliphatic hydroxyl groups is 1. The molecule has 1 atom stereocenters. The number of anilines is 1. The van der Waals surface area contributed by atoms with Crippen molar-refractivity contribution in [2.75, 3.05) is 19.0 Å². The minimum atomic E-state index is -0.555. The predicted octanol–water partition coefficient (Wildman–Crippen LogP) is 2.34. The smallest absolute Gasteiger partial charge is 0.305 e. The van der Waals surface area contributed by atoms with Crippen molar-refractivity contribution in [1.82, 2.24) is 0 Å². The van der Waals surface area contributed by atoms with E-state index in [9.17, 15) is 9.90 Å². The molecule has 0 fully saturated rings. The molecule has 106 valence electrons. The van der Waals surface area contributed by atoms with Gasteiger partial charge in [0.1, 0.15) is 0 Å². The van der Waals surface area contributed by atoms with E-state index in [-0.39, 0.29) is 12.4 Å². The normalized spacial score (nSPS) is 12.1. The summed E-state index contributed by atoms with van der Waals surface area (Å²) in [4.78, 5) is 11.0. The van der Waals surface area contributed by atoms with Gasteiger partial charge < -0.3 is 15.2 Å². The standard InChI is InChI=1S/C15H23NO3/c1-10-5-7-14(12(3)11(10)2)16-9-13(17)6-8-15(18)19-4/h5,7,13,16-17H,6,8-9H2,1-4H3. The van der Waals surface area contributed by atoms with Crippen LogP contribution in [0.15, 0.2) is 12.1 Å². The van der Waals surface area contributed by atoms with Crippen molar-refractivity contribution < 1.29 is 14.6 Å². The van der Waals surface area contributed by atoms with Gasteiger partial charge >= 0.3 is 5.97 Å². The SMILES string of the molecule is COC(=O)CCC(O)CNc1ccc(C)c(C)c1C. The summed E-state index contributed by atoms with van der Waals surface area (Å²) in [6.45, 7) is 6.66. The number of carbonyl (C=O) groups is 1. The van der Waals surface area contributed by atoms with Gasteiger partial charge in [-0.05, 0) is 49.9 Å². The number of hydrogen-bond donors (Lipinski definition) is 2. The van der Waals surface area contributed by atoms with Gasteiger partial charge in [-0.1, -0.05) is 6.07 Å². The Kier molecular flexibility index (Phi) is 5.83. The first-order chi connectivity index (χ1) is 8.95. The molecule has 1 aromatic carbocycles. The van der Waals surface area contributed by atoms with Gasteiger partial charge in [-0.2, -0.15) is 0 Å². The highest BCUT2D eigenvalue weighted by Crippen LogP contribution is 2.21. The summed E-state index contributed by atoms with van der Waals surface area (Å²) in [6.07, 6.45) is 0.0922. The molecule has 0 amide bonds. The Morgan fingerprint density at radius 3 is 2.63 bits per heavy atom. The van der Waals surface area contributed by atoms with Crippen LogP contribution in [-0.2, 0) is 9.53 Å². The van der Waals surface area contributed by atoms with Crippen molar-refractivity contribution in [1.29, 1.82) is 0 Å². The average Bonchev–Trinajstić information content (AvgIpc) is 2.41. The van der Waals surface area contributed by atoms with Crippen molar-refractivity contribution in [2.24, 2.45) is 0 Å². The maximum Gasteiger partial charge on any atom is 0.305 e. The van der Waals surface area contributed by atoms with Gasteiger partial charge in [0.25, 0.3) is 0 Å². The van der Waals surface area contributed by atoms with E-state index in [0.29, 0.717) is 13.0 Å². The molecule has 19 heavy (non-hydrogen) atoms. The first kappa shape index (κ1) is 15.5. The van der Waals surface area contributed by atoms with E-state index < -0.39 is 6.10 Å². The van der Waals surface area contributed by atoms with Crippen LogP contribution in [0.5, 0.6) is 0 Å². The van der Waals surface area contributed by atoms with Crippen LogP contribution >= 0.6 is 0 Å². The third-order valence-electron chi connectivity index (χ3n) is 3.50. The summed E-state index contributed by atoms with van der Waals surface area (Å²) in [7, 11) is 1.35. The first-order valence-corrected chi connectivity index (χ1v) is 6.51. The summed E-state index contributed by atoms with van der Waals surface area (Å²) in [5, 5.41) is 13.0. The number of hydrogen-bond acceptors (Lipinski definition) is 4. The molecule has 0 heterocycles. The molecule has 0 saturated heterocycles. The quantitative estimate of drug-likeness (QED) is 0.775. The molecule has 2 N–H and O–H groups in total. The molecular formula is C15H23NO3. The molecule has 0 bridgehead atoms. The number of nitrogens with one attached hydrogen (secondary N) is 1. The Hall–Kier alpha value is -1.55. The topological polar surface area (TPSA) is 58.6 Å². The molecule has 0 aliphatic rings. The van der Waals surface area contributed by atoms with E-state index in [1.807, 2.05) is 6.07 Å². The maximum atomic E-state index is 11.0. The summed E-state index contributed by atoms with van der Waals surface area (Å²) in [5.41, 5.74) is 4.74. The number of aliphatic hydroxyl groups excluding tert-OH is 1. The fraction of sp³-hybridized carbons (Fsp3) is 0.533. The maximum absolute atomic E-state index is 11.0. The number of esters is 1. The second-order valence-corrected chi connectivity index (χ2v) is 4.83. The van der Waals surface area contributed by atoms with Crippen LogP contribution in [-0.4, -0.2) is 30.8 Å². The van der Waals surface area contributed by atoms with Gasteiger partial charge in [0.2, 0.25) is 0 Å². The second kappa shape index (κ2) is 7.14. The molecule has 4 nitrogen and oxygen atoms in total. The van der Waals surface area contributed by atoms with Crippen LogP contribution in [0.4, 0.5) is 5.69 Å². The van der Waals surface area contributed by atoms with Crippen LogP contribution in [0.3, 0.4) is 0 Å². The van der Waals surface area contributed by atoms with Crippen molar-refractivity contribution in [2.45, 2.75) is 39.7 Å². The molecule has 0 spiro atoms. The van der Waals surface area contributed by atoms with Crippen molar-refractivity contribution in [3.8, 4) is 0 Å². The zero-order chi connectivity index (χ0) is 14.4. The van der Waals surface area contributed by atoms with E-state index >= 15 is 0 Å². The first-order valence-electron chi connectivity index (χ1n) is 6.51. The van der Waals surface area contributed by atoms with Gasteiger partial charge in [0.15, 0.2) is 0 Å². The summed E-state index contributed by atoms with van der Waals surface area (Å²) in [6, 6.07) is 4.08. The third-order valence-corrected chi connectivity index (χ3v) is 3.50. The Bertz CT molecular complexity index is 443. The number of rotatable bonds is 6. The van der Waals surface area contributed by atoms with Crippen LogP contribution < -0.4 is 5.32 Å². The molecule has 0 aromatic heterocycles. The minimum absolute atomic E-state index is 0.241. The third kappa shape index (κ3) is 4.56. The number of carbonyl (C=O) groups excluding carboxylic acids is 1. The molecule has 1 unspecified atom stereocenters. The van der Waals surface area contributed by atoms with Crippen molar-refractivity contribution in [3.05, 3.63) is 28.8 Å². The van der Waals surface area contributed by atoms with E-state index in [1.54, 1.807) is 0 Å². The number of ether oxygens (including phenoxy) is 1. The molecule has 4 heteroatoms. The Morgan fingerprint density at radius 2 is 2.00 bits per heavy atom. The largest absolute Gasteiger partial charge is 0.469 e. The van der Waals surface area contributed by atoms with Gasteiger partial charge in [-0.3, -0.25) is 4.79 Å². The van der Waals surface area contributed by atoms with Crippen molar-refractivity contribution in [3.63, 3.8) is 0 Å².